The number of nitrogens with one attached hydrogen (secondary N) is 1. The molecule has 4 heteroatoms. The topological polar surface area (TPSA) is 24.9 Å². The average Bonchev–Trinajstić information content (AvgIpc) is 2.32. The molecule has 0 aliphatic carbocycles. The first-order valence-electron chi connectivity index (χ1n) is 5.56. The van der Waals surface area contributed by atoms with Crippen LogP contribution in [0.25, 0.3) is 0 Å². The molecule has 0 saturated heterocycles. The number of rotatable bonds is 6. The molecule has 0 atom stereocenters. The van der Waals surface area contributed by atoms with E-state index in [-0.39, 0.29) is 4.75 Å². The predicted octanol–water partition coefficient (Wildman–Crippen LogP) is 3.55. The minimum absolute atomic E-state index is 0.236. The fraction of sp³-hybridized carbons (Fsp3) is 0.583. The van der Waals surface area contributed by atoms with E-state index in [1.165, 1.54) is 12.3 Å². The zero-order valence-electron chi connectivity index (χ0n) is 10.1. The monoisotopic (exact) mass is 242 g/mol. The Hall–Kier alpha value is -0.770. The van der Waals surface area contributed by atoms with Gasteiger partial charge in [-0.2, -0.15) is 16.2 Å². The van der Waals surface area contributed by atoms with Gasteiger partial charge in [0.1, 0.15) is 0 Å². The largest absolute Gasteiger partial charge is 0.383 e. The Morgan fingerprint density at radius 3 is 2.62 bits per heavy atom. The summed E-state index contributed by atoms with van der Waals surface area (Å²) in [5.41, 5.74) is 0.799. The van der Waals surface area contributed by atoms with Crippen LogP contribution in [0.4, 0.5) is 10.1 Å². The maximum atomic E-state index is 12.9. The molecule has 0 unspecified atom stereocenters. The lowest BCUT2D eigenvalue weighted by atomic mass is 10.0. The molecular formula is C12H19FN2S. The third-order valence-corrected chi connectivity index (χ3v) is 4.65. The zero-order valence-corrected chi connectivity index (χ0v) is 10.9. The Bertz CT molecular complexity index is 318. The summed E-state index contributed by atoms with van der Waals surface area (Å²) < 4.78 is 13.1. The first-order chi connectivity index (χ1) is 7.65. The lowest BCUT2D eigenvalue weighted by Gasteiger charge is -2.30. The number of hydrogen-bond donors (Lipinski definition) is 1. The van der Waals surface area contributed by atoms with E-state index in [0.717, 1.165) is 25.1 Å². The van der Waals surface area contributed by atoms with Gasteiger partial charge >= 0.3 is 0 Å². The highest BCUT2D eigenvalue weighted by Gasteiger charge is 2.24. The highest BCUT2D eigenvalue weighted by Crippen LogP contribution is 2.30. The number of hydrogen-bond acceptors (Lipinski definition) is 3. The summed E-state index contributed by atoms with van der Waals surface area (Å²) in [6, 6.07) is 3.22. The normalized spacial score (nSPS) is 11.5. The van der Waals surface area contributed by atoms with Crippen molar-refractivity contribution in [1.29, 1.82) is 0 Å². The standard InChI is InChI=1S/C12H19FN2S/c1-4-12(5-2,16-3)9-15-10-6-7-14-11(13)8-10/h6-8H,4-5,9H2,1-3H3,(H,14,15). The van der Waals surface area contributed by atoms with Gasteiger partial charge in [-0.1, -0.05) is 13.8 Å². The van der Waals surface area contributed by atoms with E-state index in [4.69, 9.17) is 0 Å². The highest BCUT2D eigenvalue weighted by atomic mass is 32.2. The van der Waals surface area contributed by atoms with Crippen LogP contribution < -0.4 is 5.32 Å². The fourth-order valence-electron chi connectivity index (χ4n) is 1.64. The minimum Gasteiger partial charge on any atom is -0.383 e. The van der Waals surface area contributed by atoms with Crippen molar-refractivity contribution in [3.63, 3.8) is 0 Å². The van der Waals surface area contributed by atoms with E-state index < -0.39 is 5.95 Å². The summed E-state index contributed by atoms with van der Waals surface area (Å²) in [6.07, 6.45) is 5.81. The van der Waals surface area contributed by atoms with Crippen molar-refractivity contribution in [2.75, 3.05) is 18.1 Å². The molecule has 1 aromatic heterocycles. The molecule has 0 aromatic carbocycles. The quantitative estimate of drug-likeness (QED) is 0.772. The lowest BCUT2D eigenvalue weighted by Crippen LogP contribution is -2.32. The molecule has 0 amide bonds. The van der Waals surface area contributed by atoms with Gasteiger partial charge in [-0.3, -0.25) is 0 Å². The second-order valence-corrected chi connectivity index (χ2v) is 5.09. The first kappa shape index (κ1) is 13.3. The number of pyridine rings is 1. The predicted molar refractivity (Wildman–Crippen MR) is 69.5 cm³/mol. The van der Waals surface area contributed by atoms with Gasteiger partial charge in [0.25, 0.3) is 0 Å². The van der Waals surface area contributed by atoms with Crippen LogP contribution in [0.1, 0.15) is 26.7 Å². The fourth-order valence-corrected chi connectivity index (χ4v) is 2.43. The Morgan fingerprint density at radius 2 is 2.12 bits per heavy atom. The summed E-state index contributed by atoms with van der Waals surface area (Å²) in [6.45, 7) is 5.23. The molecule has 1 N–H and O–H groups in total. The van der Waals surface area contributed by atoms with E-state index in [2.05, 4.69) is 30.4 Å². The third kappa shape index (κ3) is 3.37. The van der Waals surface area contributed by atoms with Crippen LogP contribution in [0.5, 0.6) is 0 Å². The Morgan fingerprint density at radius 1 is 1.44 bits per heavy atom. The number of aromatic nitrogens is 1. The van der Waals surface area contributed by atoms with Crippen LogP contribution in [0.2, 0.25) is 0 Å². The van der Waals surface area contributed by atoms with Crippen molar-refractivity contribution in [3.8, 4) is 0 Å². The number of anilines is 1. The number of thioether (sulfide) groups is 1. The summed E-state index contributed by atoms with van der Waals surface area (Å²) in [5, 5.41) is 3.28. The van der Waals surface area contributed by atoms with E-state index in [1.807, 2.05) is 11.8 Å². The van der Waals surface area contributed by atoms with Gasteiger partial charge < -0.3 is 5.32 Å². The molecular weight excluding hydrogens is 223 g/mol. The molecule has 90 valence electrons. The maximum absolute atomic E-state index is 12.9. The summed E-state index contributed by atoms with van der Waals surface area (Å²) in [5.74, 6) is -0.437. The van der Waals surface area contributed by atoms with Crippen LogP contribution in [-0.4, -0.2) is 22.5 Å². The van der Waals surface area contributed by atoms with Crippen molar-refractivity contribution in [3.05, 3.63) is 24.3 Å². The van der Waals surface area contributed by atoms with Crippen LogP contribution >= 0.6 is 11.8 Å². The highest BCUT2D eigenvalue weighted by molar-refractivity contribution is 8.00. The number of halogens is 1. The Balaban J connectivity index is 2.62. The van der Waals surface area contributed by atoms with Gasteiger partial charge in [0.2, 0.25) is 5.95 Å². The molecule has 0 radical (unpaired) electrons. The van der Waals surface area contributed by atoms with Crippen LogP contribution in [0, 0.1) is 5.95 Å². The van der Waals surface area contributed by atoms with Crippen LogP contribution in [0.3, 0.4) is 0 Å². The summed E-state index contributed by atoms with van der Waals surface area (Å²) in [7, 11) is 0. The van der Waals surface area contributed by atoms with Gasteiger partial charge in [-0.25, -0.2) is 4.98 Å². The Kier molecular flexibility index (Phi) is 5.06. The Labute approximate surface area is 101 Å². The molecule has 0 aliphatic heterocycles. The molecule has 1 aromatic rings. The number of nitrogens with zero attached hydrogens (tertiary/aromatic N) is 1. The van der Waals surface area contributed by atoms with Crippen LogP contribution in [-0.2, 0) is 0 Å². The molecule has 16 heavy (non-hydrogen) atoms. The van der Waals surface area contributed by atoms with Crippen molar-refractivity contribution in [1.82, 2.24) is 4.98 Å². The first-order valence-corrected chi connectivity index (χ1v) is 6.79. The maximum Gasteiger partial charge on any atom is 0.214 e. The minimum atomic E-state index is -0.437. The van der Waals surface area contributed by atoms with Gasteiger partial charge in [0.05, 0.1) is 0 Å². The van der Waals surface area contributed by atoms with Crippen molar-refractivity contribution in [2.45, 2.75) is 31.4 Å². The van der Waals surface area contributed by atoms with E-state index in [1.54, 1.807) is 6.07 Å². The molecule has 0 saturated carbocycles. The van der Waals surface area contributed by atoms with Crippen molar-refractivity contribution >= 4 is 17.4 Å². The third-order valence-electron chi connectivity index (χ3n) is 3.06. The molecule has 1 heterocycles. The summed E-state index contributed by atoms with van der Waals surface area (Å²) >= 11 is 1.87. The van der Waals surface area contributed by atoms with E-state index in [9.17, 15) is 4.39 Å². The van der Waals surface area contributed by atoms with Gasteiger partial charge in [0, 0.05) is 29.2 Å². The van der Waals surface area contributed by atoms with E-state index in [0.29, 0.717) is 0 Å². The molecule has 0 bridgehead atoms. The summed E-state index contributed by atoms with van der Waals surface area (Å²) in [4.78, 5) is 3.53. The zero-order chi connectivity index (χ0) is 12.0. The second kappa shape index (κ2) is 6.09. The molecule has 0 spiro atoms. The van der Waals surface area contributed by atoms with Gasteiger partial charge in [0.15, 0.2) is 0 Å². The van der Waals surface area contributed by atoms with Gasteiger partial charge in [-0.15, -0.1) is 0 Å². The second-order valence-electron chi connectivity index (χ2n) is 3.82. The molecule has 1 rings (SSSR count). The average molecular weight is 242 g/mol. The SMILES string of the molecule is CCC(CC)(CNc1ccnc(F)c1)SC. The van der Waals surface area contributed by atoms with Crippen LogP contribution in [0.15, 0.2) is 18.3 Å². The molecule has 0 fully saturated rings. The lowest BCUT2D eigenvalue weighted by molar-refractivity contribution is 0.571. The molecule has 0 aliphatic rings. The van der Waals surface area contributed by atoms with Crippen molar-refractivity contribution < 1.29 is 4.39 Å². The van der Waals surface area contributed by atoms with Gasteiger partial charge in [-0.05, 0) is 25.2 Å². The smallest absolute Gasteiger partial charge is 0.214 e. The molecule has 2 nitrogen and oxygen atoms in total. The van der Waals surface area contributed by atoms with Crippen molar-refractivity contribution in [2.24, 2.45) is 0 Å². The van der Waals surface area contributed by atoms with E-state index >= 15 is 0 Å².